The molecular weight excluding hydrogens is 278 g/mol. The summed E-state index contributed by atoms with van der Waals surface area (Å²) in [6.07, 6.45) is -1.77. The van der Waals surface area contributed by atoms with Crippen molar-refractivity contribution in [3.63, 3.8) is 0 Å². The van der Waals surface area contributed by atoms with Crippen molar-refractivity contribution in [2.24, 2.45) is 0 Å². The van der Waals surface area contributed by atoms with E-state index in [4.69, 9.17) is 4.74 Å². The van der Waals surface area contributed by atoms with Crippen LogP contribution in [0.5, 0.6) is 0 Å². The largest absolute Gasteiger partial charge is 0.467 e. The van der Waals surface area contributed by atoms with Crippen LogP contribution in [-0.4, -0.2) is 53.8 Å². The molecule has 1 aromatic rings. The molecular formula is C14H15NO6. The van der Waals surface area contributed by atoms with Crippen molar-refractivity contribution >= 4 is 18.0 Å². The van der Waals surface area contributed by atoms with Gasteiger partial charge in [0.2, 0.25) is 0 Å². The summed E-state index contributed by atoms with van der Waals surface area (Å²) in [5.41, 5.74) is 0.222. The van der Waals surface area contributed by atoms with Crippen LogP contribution in [0.4, 0.5) is 4.79 Å². The van der Waals surface area contributed by atoms with Gasteiger partial charge in [-0.3, -0.25) is 4.90 Å². The Bertz CT molecular complexity index is 544. The van der Waals surface area contributed by atoms with Crippen molar-refractivity contribution in [1.82, 2.24) is 4.90 Å². The second-order valence-electron chi connectivity index (χ2n) is 4.60. The molecule has 0 saturated carbocycles. The molecule has 1 aromatic carbocycles. The van der Waals surface area contributed by atoms with E-state index in [-0.39, 0.29) is 18.5 Å². The SMILES string of the molecule is COC(=O)[C@@H]1C[C@H](O)CN1C(=O)OC(=O)c1ccccc1. The van der Waals surface area contributed by atoms with E-state index in [0.29, 0.717) is 0 Å². The molecule has 2 atom stereocenters. The van der Waals surface area contributed by atoms with Gasteiger partial charge in [-0.05, 0) is 12.1 Å². The van der Waals surface area contributed by atoms with E-state index in [2.05, 4.69) is 4.74 Å². The Hall–Kier alpha value is -2.41. The van der Waals surface area contributed by atoms with Gasteiger partial charge in [-0.1, -0.05) is 18.2 Å². The molecule has 1 amide bonds. The minimum atomic E-state index is -0.976. The molecule has 7 heteroatoms. The van der Waals surface area contributed by atoms with E-state index in [1.165, 1.54) is 19.2 Å². The highest BCUT2D eigenvalue weighted by atomic mass is 16.6. The minimum Gasteiger partial charge on any atom is -0.467 e. The molecule has 0 bridgehead atoms. The van der Waals surface area contributed by atoms with Gasteiger partial charge in [-0.25, -0.2) is 14.4 Å². The predicted octanol–water partition coefficient (Wildman–Crippen LogP) is 0.572. The molecule has 1 heterocycles. The second-order valence-corrected chi connectivity index (χ2v) is 4.60. The molecule has 0 unspecified atom stereocenters. The molecule has 1 aliphatic rings. The molecule has 2 rings (SSSR count). The Morgan fingerprint density at radius 2 is 1.90 bits per heavy atom. The number of carbonyl (C=O) groups is 3. The molecule has 112 valence electrons. The highest BCUT2D eigenvalue weighted by Gasteiger charge is 2.41. The fraction of sp³-hybridized carbons (Fsp3) is 0.357. The Labute approximate surface area is 121 Å². The number of hydrogen-bond donors (Lipinski definition) is 1. The lowest BCUT2D eigenvalue weighted by Crippen LogP contribution is -2.42. The Morgan fingerprint density at radius 3 is 2.52 bits per heavy atom. The van der Waals surface area contributed by atoms with Crippen molar-refractivity contribution < 1.29 is 29.0 Å². The zero-order valence-electron chi connectivity index (χ0n) is 11.4. The van der Waals surface area contributed by atoms with Gasteiger partial charge in [0.25, 0.3) is 0 Å². The first kappa shape index (κ1) is 15.0. The minimum absolute atomic E-state index is 0.0568. The smallest absolute Gasteiger partial charge is 0.418 e. The first-order valence-corrected chi connectivity index (χ1v) is 6.36. The van der Waals surface area contributed by atoms with Crippen molar-refractivity contribution in [3.8, 4) is 0 Å². The van der Waals surface area contributed by atoms with Crippen LogP contribution in [0.1, 0.15) is 16.8 Å². The molecule has 0 aliphatic carbocycles. The Kier molecular flexibility index (Phi) is 4.54. The quantitative estimate of drug-likeness (QED) is 0.633. The number of hydrogen-bond acceptors (Lipinski definition) is 6. The summed E-state index contributed by atoms with van der Waals surface area (Å²) < 4.78 is 9.29. The van der Waals surface area contributed by atoms with Crippen LogP contribution in [-0.2, 0) is 14.3 Å². The number of methoxy groups -OCH3 is 1. The third-order valence-corrected chi connectivity index (χ3v) is 3.18. The summed E-state index contributed by atoms with van der Waals surface area (Å²) in [5, 5.41) is 9.57. The van der Waals surface area contributed by atoms with Crippen molar-refractivity contribution in [1.29, 1.82) is 0 Å². The van der Waals surface area contributed by atoms with Gasteiger partial charge in [0.05, 0.1) is 25.3 Å². The van der Waals surface area contributed by atoms with Crippen LogP contribution >= 0.6 is 0 Å². The number of esters is 2. The summed E-state index contributed by atoms with van der Waals surface area (Å²) in [7, 11) is 1.19. The normalized spacial score (nSPS) is 21.0. The van der Waals surface area contributed by atoms with Gasteiger partial charge < -0.3 is 14.6 Å². The van der Waals surface area contributed by atoms with E-state index < -0.39 is 30.2 Å². The first-order chi connectivity index (χ1) is 10.0. The van der Waals surface area contributed by atoms with Crippen LogP contribution in [0.15, 0.2) is 30.3 Å². The molecule has 0 spiro atoms. The second kappa shape index (κ2) is 6.36. The molecule has 1 fully saturated rings. The fourth-order valence-electron chi connectivity index (χ4n) is 2.15. The van der Waals surface area contributed by atoms with Crippen molar-refractivity contribution in [3.05, 3.63) is 35.9 Å². The van der Waals surface area contributed by atoms with E-state index in [1.807, 2.05) is 0 Å². The predicted molar refractivity (Wildman–Crippen MR) is 70.4 cm³/mol. The summed E-state index contributed by atoms with van der Waals surface area (Å²) in [5.74, 6) is -1.47. The number of ether oxygens (including phenoxy) is 2. The van der Waals surface area contributed by atoms with Crippen molar-refractivity contribution in [2.75, 3.05) is 13.7 Å². The Morgan fingerprint density at radius 1 is 1.24 bits per heavy atom. The third-order valence-electron chi connectivity index (χ3n) is 3.18. The molecule has 7 nitrogen and oxygen atoms in total. The number of rotatable bonds is 2. The zero-order valence-corrected chi connectivity index (χ0v) is 11.4. The highest BCUT2D eigenvalue weighted by Crippen LogP contribution is 2.20. The summed E-state index contributed by atoms with van der Waals surface area (Å²) >= 11 is 0. The number of nitrogens with zero attached hydrogens (tertiary/aromatic N) is 1. The standard InChI is InChI=1S/C14H15NO6/c1-20-13(18)11-7-10(16)8-15(11)14(19)21-12(17)9-5-3-2-4-6-9/h2-6,10-11,16H,7-8H2,1H3/t10-,11-/m0/s1. The average molecular weight is 293 g/mol. The highest BCUT2D eigenvalue weighted by molar-refractivity contribution is 5.97. The van der Waals surface area contributed by atoms with E-state index in [1.54, 1.807) is 18.2 Å². The van der Waals surface area contributed by atoms with Crippen LogP contribution in [0.2, 0.25) is 0 Å². The lowest BCUT2D eigenvalue weighted by atomic mass is 10.2. The van der Waals surface area contributed by atoms with Gasteiger partial charge in [-0.15, -0.1) is 0 Å². The summed E-state index contributed by atoms with van der Waals surface area (Å²) in [4.78, 5) is 36.3. The van der Waals surface area contributed by atoms with E-state index >= 15 is 0 Å². The summed E-state index contributed by atoms with van der Waals surface area (Å²) in [6.45, 7) is -0.0827. The number of aliphatic hydroxyl groups excluding tert-OH is 1. The molecule has 1 saturated heterocycles. The van der Waals surface area contributed by atoms with Gasteiger partial charge in [0, 0.05) is 6.42 Å². The molecule has 0 aromatic heterocycles. The van der Waals surface area contributed by atoms with Gasteiger partial charge in [-0.2, -0.15) is 0 Å². The fourth-order valence-corrected chi connectivity index (χ4v) is 2.15. The lowest BCUT2D eigenvalue weighted by molar-refractivity contribution is -0.145. The van der Waals surface area contributed by atoms with Gasteiger partial charge in [0.1, 0.15) is 6.04 Å². The molecule has 21 heavy (non-hydrogen) atoms. The van der Waals surface area contributed by atoms with E-state index in [9.17, 15) is 19.5 Å². The number of amides is 1. The number of β-amino-alcohol motifs (C(OH)–C–C–N with tert-alkyl or cyclic N) is 1. The average Bonchev–Trinajstić information content (AvgIpc) is 2.89. The Balaban J connectivity index is 2.05. The molecule has 1 aliphatic heterocycles. The number of benzene rings is 1. The first-order valence-electron chi connectivity index (χ1n) is 6.36. The topological polar surface area (TPSA) is 93.1 Å². The van der Waals surface area contributed by atoms with Crippen LogP contribution in [0.3, 0.4) is 0 Å². The maximum Gasteiger partial charge on any atom is 0.418 e. The van der Waals surface area contributed by atoms with Crippen LogP contribution in [0.25, 0.3) is 0 Å². The summed E-state index contributed by atoms with van der Waals surface area (Å²) in [6, 6.07) is 7.07. The number of carbonyl (C=O) groups excluding carboxylic acids is 3. The lowest BCUT2D eigenvalue weighted by Gasteiger charge is -2.20. The van der Waals surface area contributed by atoms with Gasteiger partial charge in [0.15, 0.2) is 0 Å². The van der Waals surface area contributed by atoms with E-state index in [0.717, 1.165) is 4.90 Å². The maximum absolute atomic E-state index is 12.0. The maximum atomic E-state index is 12.0. The van der Waals surface area contributed by atoms with Crippen LogP contribution in [0, 0.1) is 0 Å². The van der Waals surface area contributed by atoms with Gasteiger partial charge >= 0.3 is 18.0 Å². The van der Waals surface area contributed by atoms with Crippen molar-refractivity contribution in [2.45, 2.75) is 18.6 Å². The molecule has 0 radical (unpaired) electrons. The number of aliphatic hydroxyl groups is 1. The third kappa shape index (κ3) is 3.38. The monoisotopic (exact) mass is 293 g/mol. The molecule has 1 N–H and O–H groups in total. The van der Waals surface area contributed by atoms with Crippen LogP contribution < -0.4 is 0 Å². The number of likely N-dealkylation sites (tertiary alicyclic amines) is 1. The zero-order chi connectivity index (χ0) is 15.4.